The van der Waals surface area contributed by atoms with Gasteiger partial charge in [0.25, 0.3) is 0 Å². The van der Waals surface area contributed by atoms with E-state index in [1.807, 2.05) is 42.2 Å². The second kappa shape index (κ2) is 7.21. The van der Waals surface area contributed by atoms with Crippen molar-refractivity contribution in [3.05, 3.63) is 53.9 Å². The van der Waals surface area contributed by atoms with Gasteiger partial charge in [-0.25, -0.2) is 15.0 Å². The number of H-pyrrole nitrogens is 1. The van der Waals surface area contributed by atoms with Crippen LogP contribution < -0.4 is 0 Å². The lowest BCUT2D eigenvalue weighted by Crippen LogP contribution is -2.42. The van der Waals surface area contributed by atoms with E-state index in [-0.39, 0.29) is 12.0 Å². The van der Waals surface area contributed by atoms with Crippen LogP contribution in [0, 0.1) is 6.92 Å². The molecule has 134 valence electrons. The van der Waals surface area contributed by atoms with Crippen LogP contribution in [0.4, 0.5) is 0 Å². The molecule has 4 rings (SSSR count). The predicted molar refractivity (Wildman–Crippen MR) is 96.5 cm³/mol. The Kier molecular flexibility index (Phi) is 4.62. The van der Waals surface area contributed by atoms with Crippen molar-refractivity contribution in [2.75, 3.05) is 19.7 Å². The predicted octanol–water partition coefficient (Wildman–Crippen LogP) is 2.19. The van der Waals surface area contributed by atoms with Gasteiger partial charge < -0.3 is 14.6 Å². The number of aryl methyl sites for hydroxylation is 2. The van der Waals surface area contributed by atoms with Gasteiger partial charge in [-0.3, -0.25) is 4.79 Å². The molecule has 1 N–H and O–H groups in total. The number of nitrogens with one attached hydrogen (secondary N) is 1. The molecule has 3 heterocycles. The molecule has 26 heavy (non-hydrogen) atoms. The van der Waals surface area contributed by atoms with Crippen LogP contribution in [0.5, 0.6) is 0 Å². The largest absolute Gasteiger partial charge is 0.368 e. The number of imidazole rings is 1. The van der Waals surface area contributed by atoms with Gasteiger partial charge in [-0.2, -0.15) is 0 Å². The van der Waals surface area contributed by atoms with Crippen molar-refractivity contribution in [2.24, 2.45) is 0 Å². The average molecular weight is 351 g/mol. The molecule has 1 fully saturated rings. The summed E-state index contributed by atoms with van der Waals surface area (Å²) >= 11 is 0. The number of ether oxygens (including phenoxy) is 1. The van der Waals surface area contributed by atoms with Crippen LogP contribution in [0.25, 0.3) is 11.0 Å². The molecule has 0 radical (unpaired) electrons. The first-order valence-corrected chi connectivity index (χ1v) is 8.81. The number of rotatable bonds is 4. The smallest absolute Gasteiger partial charge is 0.223 e. The van der Waals surface area contributed by atoms with Crippen LogP contribution in [0.2, 0.25) is 0 Å². The highest BCUT2D eigenvalue weighted by atomic mass is 16.5. The molecule has 7 nitrogen and oxygen atoms in total. The summed E-state index contributed by atoms with van der Waals surface area (Å²) < 4.78 is 5.80. The summed E-state index contributed by atoms with van der Waals surface area (Å²) in [4.78, 5) is 30.8. The van der Waals surface area contributed by atoms with Gasteiger partial charge in [0.2, 0.25) is 5.91 Å². The van der Waals surface area contributed by atoms with Crippen LogP contribution in [0.15, 0.2) is 36.5 Å². The number of hydrogen-bond acceptors (Lipinski definition) is 5. The van der Waals surface area contributed by atoms with Crippen molar-refractivity contribution >= 4 is 16.9 Å². The maximum absolute atomic E-state index is 12.6. The molecule has 1 aliphatic rings. The molecule has 1 amide bonds. The number of hydrogen-bond donors (Lipinski definition) is 1. The number of aromatic amines is 1. The Hall–Kier alpha value is -2.80. The van der Waals surface area contributed by atoms with Gasteiger partial charge in [0.15, 0.2) is 0 Å². The van der Waals surface area contributed by atoms with Gasteiger partial charge in [-0.1, -0.05) is 12.1 Å². The molecule has 1 atom stereocenters. The number of nitrogens with zero attached hydrogens (tertiary/aromatic N) is 4. The molecule has 1 saturated heterocycles. The van der Waals surface area contributed by atoms with E-state index in [1.165, 1.54) is 0 Å². The maximum Gasteiger partial charge on any atom is 0.223 e. The minimum atomic E-state index is -0.194. The fourth-order valence-electron chi connectivity index (χ4n) is 3.22. The van der Waals surface area contributed by atoms with E-state index in [0.717, 1.165) is 22.6 Å². The van der Waals surface area contributed by atoms with E-state index >= 15 is 0 Å². The lowest BCUT2D eigenvalue weighted by molar-refractivity contribution is -0.139. The quantitative estimate of drug-likeness (QED) is 0.779. The molecular weight excluding hydrogens is 330 g/mol. The normalized spacial score (nSPS) is 17.6. The first kappa shape index (κ1) is 16.7. The van der Waals surface area contributed by atoms with E-state index < -0.39 is 0 Å². The monoisotopic (exact) mass is 351 g/mol. The summed E-state index contributed by atoms with van der Waals surface area (Å²) in [5.41, 5.74) is 2.76. The van der Waals surface area contributed by atoms with E-state index in [2.05, 4.69) is 19.9 Å². The fourth-order valence-corrected chi connectivity index (χ4v) is 3.22. The summed E-state index contributed by atoms with van der Waals surface area (Å²) in [5, 5.41) is 0. The number of amides is 1. The van der Waals surface area contributed by atoms with Crippen molar-refractivity contribution < 1.29 is 9.53 Å². The topological polar surface area (TPSA) is 84.0 Å². The highest BCUT2D eigenvalue weighted by Gasteiger charge is 2.26. The average Bonchev–Trinajstić information content (AvgIpc) is 3.09. The Morgan fingerprint density at radius 2 is 2.19 bits per heavy atom. The minimum Gasteiger partial charge on any atom is -0.368 e. The van der Waals surface area contributed by atoms with Crippen molar-refractivity contribution in [3.8, 4) is 0 Å². The minimum absolute atomic E-state index is 0.115. The van der Waals surface area contributed by atoms with Crippen molar-refractivity contribution in [3.63, 3.8) is 0 Å². The molecule has 0 saturated carbocycles. The summed E-state index contributed by atoms with van der Waals surface area (Å²) in [6.45, 7) is 3.50. The summed E-state index contributed by atoms with van der Waals surface area (Å²) in [7, 11) is 0. The maximum atomic E-state index is 12.6. The third-order valence-corrected chi connectivity index (χ3v) is 4.56. The molecule has 1 aliphatic heterocycles. The number of carbonyl (C=O) groups excluding carboxylic acids is 1. The molecule has 7 heteroatoms. The van der Waals surface area contributed by atoms with E-state index in [4.69, 9.17) is 4.74 Å². The highest BCUT2D eigenvalue weighted by Crippen LogP contribution is 2.21. The Morgan fingerprint density at radius 1 is 1.31 bits per heavy atom. The lowest BCUT2D eigenvalue weighted by Gasteiger charge is -2.32. The molecule has 0 bridgehead atoms. The molecule has 0 spiro atoms. The molecule has 1 aromatic carbocycles. The fraction of sp³-hybridized carbons (Fsp3) is 0.368. The first-order chi connectivity index (χ1) is 12.7. The summed E-state index contributed by atoms with van der Waals surface area (Å²) in [5.74, 6) is 1.67. The van der Waals surface area contributed by atoms with E-state index in [0.29, 0.717) is 38.4 Å². The van der Waals surface area contributed by atoms with Crippen molar-refractivity contribution in [2.45, 2.75) is 25.9 Å². The molecule has 2 aromatic heterocycles. The van der Waals surface area contributed by atoms with Crippen molar-refractivity contribution in [1.82, 2.24) is 24.8 Å². The van der Waals surface area contributed by atoms with Crippen LogP contribution in [0.1, 0.15) is 29.9 Å². The van der Waals surface area contributed by atoms with Gasteiger partial charge in [-0.15, -0.1) is 0 Å². The summed E-state index contributed by atoms with van der Waals surface area (Å²) in [6, 6.07) is 9.73. The van der Waals surface area contributed by atoms with E-state index in [9.17, 15) is 4.79 Å². The zero-order valence-electron chi connectivity index (χ0n) is 14.7. The van der Waals surface area contributed by atoms with Crippen LogP contribution in [-0.2, 0) is 16.0 Å². The van der Waals surface area contributed by atoms with Gasteiger partial charge >= 0.3 is 0 Å². The van der Waals surface area contributed by atoms with Crippen LogP contribution >= 0.6 is 0 Å². The highest BCUT2D eigenvalue weighted by molar-refractivity contribution is 5.77. The Morgan fingerprint density at radius 3 is 3.04 bits per heavy atom. The van der Waals surface area contributed by atoms with Gasteiger partial charge in [-0.05, 0) is 25.1 Å². The molecular formula is C19H21N5O2. The number of morpholine rings is 1. The first-order valence-electron chi connectivity index (χ1n) is 8.81. The van der Waals surface area contributed by atoms with Crippen LogP contribution in [-0.4, -0.2) is 50.4 Å². The molecule has 3 aromatic rings. The third kappa shape index (κ3) is 3.57. The standard InChI is InChI=1S/C19H21N5O2/c1-13-20-9-8-16(21-13)17-12-24(10-11-26-17)19(25)7-6-18-22-14-4-2-3-5-15(14)23-18/h2-5,8-9,17H,6-7,10-12H2,1H3,(H,22,23)/t17-/m1/s1. The molecule has 0 aliphatic carbocycles. The zero-order chi connectivity index (χ0) is 17.9. The van der Waals surface area contributed by atoms with Gasteiger partial charge in [0, 0.05) is 25.6 Å². The number of carbonyl (C=O) groups is 1. The Bertz CT molecular complexity index is 890. The van der Waals surface area contributed by atoms with Gasteiger partial charge in [0.05, 0.1) is 29.9 Å². The van der Waals surface area contributed by atoms with Crippen molar-refractivity contribution in [1.29, 1.82) is 0 Å². The number of para-hydroxylation sites is 2. The molecule has 0 unspecified atom stereocenters. The SMILES string of the molecule is Cc1nccc([C@H]2CN(C(=O)CCc3nc4ccccc4[nH]3)CCO2)n1. The number of benzene rings is 1. The lowest BCUT2D eigenvalue weighted by atomic mass is 10.1. The summed E-state index contributed by atoms with van der Waals surface area (Å²) in [6.07, 6.45) is 2.56. The Balaban J connectivity index is 1.38. The zero-order valence-corrected chi connectivity index (χ0v) is 14.7. The second-order valence-electron chi connectivity index (χ2n) is 6.43. The third-order valence-electron chi connectivity index (χ3n) is 4.56. The number of fused-ring (bicyclic) bond motifs is 1. The van der Waals surface area contributed by atoms with Crippen LogP contribution in [0.3, 0.4) is 0 Å². The second-order valence-corrected chi connectivity index (χ2v) is 6.43. The van der Waals surface area contributed by atoms with E-state index in [1.54, 1.807) is 6.20 Å². The van der Waals surface area contributed by atoms with Gasteiger partial charge in [0.1, 0.15) is 17.8 Å². The number of aromatic nitrogens is 4. The Labute approximate surface area is 151 Å².